The smallest absolute Gasteiger partial charge is 0.338 e. The van der Waals surface area contributed by atoms with Crippen molar-refractivity contribution in [3.63, 3.8) is 0 Å². The molecule has 4 nitrogen and oxygen atoms in total. The molecule has 33 heavy (non-hydrogen) atoms. The summed E-state index contributed by atoms with van der Waals surface area (Å²) in [7, 11) is 0. The molecule has 1 aromatic carbocycles. The topological polar surface area (TPSA) is 33.4 Å². The molecule has 0 bridgehead atoms. The third-order valence-corrected chi connectivity index (χ3v) is 7.68. The van der Waals surface area contributed by atoms with Gasteiger partial charge >= 0.3 is 6.18 Å². The van der Waals surface area contributed by atoms with E-state index >= 15 is 0 Å². The van der Waals surface area contributed by atoms with Gasteiger partial charge in [0.2, 0.25) is 0 Å². The van der Waals surface area contributed by atoms with E-state index in [2.05, 4.69) is 22.9 Å². The summed E-state index contributed by atoms with van der Waals surface area (Å²) in [5.41, 5.74) is 3.69. The number of benzene rings is 1. The first-order valence-electron chi connectivity index (χ1n) is 11.1. The monoisotopic (exact) mass is 470 g/mol. The third-order valence-electron chi connectivity index (χ3n) is 6.55. The van der Waals surface area contributed by atoms with E-state index in [1.165, 1.54) is 12.1 Å². The molecule has 0 amide bonds. The fourth-order valence-electron chi connectivity index (χ4n) is 4.99. The first-order chi connectivity index (χ1) is 15.8. The maximum atomic E-state index is 13.4. The molecule has 0 spiro atoms. The molecule has 2 aliphatic heterocycles. The van der Waals surface area contributed by atoms with Crippen molar-refractivity contribution in [3.05, 3.63) is 82.9 Å². The zero-order valence-electron chi connectivity index (χ0n) is 18.7. The fourth-order valence-corrected chi connectivity index (χ4v) is 6.33. The van der Waals surface area contributed by atoms with Gasteiger partial charge in [-0.2, -0.15) is 13.2 Å². The number of hydrogen-bond acceptors (Lipinski definition) is 4. The minimum absolute atomic E-state index is 0.0411. The maximum absolute atomic E-state index is 13.4. The second-order valence-electron chi connectivity index (χ2n) is 8.55. The van der Waals surface area contributed by atoms with E-state index in [0.29, 0.717) is 11.7 Å². The van der Waals surface area contributed by atoms with Crippen LogP contribution in [-0.2, 0) is 6.18 Å². The summed E-state index contributed by atoms with van der Waals surface area (Å²) < 4.78 is 42.0. The summed E-state index contributed by atoms with van der Waals surface area (Å²) >= 11 is 1.78. The van der Waals surface area contributed by atoms with Crippen molar-refractivity contribution in [2.24, 2.45) is 4.99 Å². The number of aryl methyl sites for hydroxylation is 1. The lowest BCUT2D eigenvalue weighted by molar-refractivity contribution is -0.137. The first-order valence-corrected chi connectivity index (χ1v) is 12.0. The molecule has 1 saturated heterocycles. The van der Waals surface area contributed by atoms with E-state index in [4.69, 9.17) is 4.99 Å². The number of aromatic nitrogens is 2. The van der Waals surface area contributed by atoms with Crippen LogP contribution in [0, 0.1) is 13.8 Å². The van der Waals surface area contributed by atoms with Crippen molar-refractivity contribution >= 4 is 16.9 Å². The third kappa shape index (κ3) is 3.74. The number of amidine groups is 1. The van der Waals surface area contributed by atoms with Gasteiger partial charge in [0, 0.05) is 35.1 Å². The Bertz CT molecular complexity index is 1200. The van der Waals surface area contributed by atoms with Crippen molar-refractivity contribution in [1.29, 1.82) is 0 Å². The van der Waals surface area contributed by atoms with E-state index < -0.39 is 11.7 Å². The lowest BCUT2D eigenvalue weighted by atomic mass is 9.95. The predicted octanol–water partition coefficient (Wildman–Crippen LogP) is 6.49. The highest BCUT2D eigenvalue weighted by atomic mass is 32.2. The maximum Gasteiger partial charge on any atom is 0.416 e. The summed E-state index contributed by atoms with van der Waals surface area (Å²) in [6, 6.07) is 13.7. The molecule has 2 aromatic heterocycles. The van der Waals surface area contributed by atoms with Crippen LogP contribution >= 0.6 is 11.8 Å². The average molecular weight is 471 g/mol. The minimum atomic E-state index is -4.38. The number of nitrogens with zero attached hydrogens (tertiary/aromatic N) is 4. The molecule has 2 aliphatic rings. The highest BCUT2D eigenvalue weighted by Crippen LogP contribution is 2.49. The summed E-state index contributed by atoms with van der Waals surface area (Å²) in [6.07, 6.45) is -1.59. The molecule has 3 atom stereocenters. The Balaban J connectivity index is 1.63. The van der Waals surface area contributed by atoms with Gasteiger partial charge in [-0.25, -0.2) is 0 Å². The van der Waals surface area contributed by atoms with Gasteiger partial charge in [-0.3, -0.25) is 9.98 Å². The van der Waals surface area contributed by atoms with Crippen LogP contribution in [0.4, 0.5) is 13.2 Å². The second kappa shape index (κ2) is 8.24. The van der Waals surface area contributed by atoms with Gasteiger partial charge in [0.05, 0.1) is 17.3 Å². The lowest BCUT2D eigenvalue weighted by Crippen LogP contribution is -2.35. The molecule has 1 fully saturated rings. The van der Waals surface area contributed by atoms with Gasteiger partial charge in [-0.05, 0) is 62.2 Å². The fraction of sp³-hybridized carbons (Fsp3) is 0.360. The number of thioether (sulfide) groups is 1. The van der Waals surface area contributed by atoms with Gasteiger partial charge in [0.25, 0.3) is 0 Å². The van der Waals surface area contributed by atoms with Crippen molar-refractivity contribution in [2.45, 2.75) is 51.5 Å². The highest BCUT2D eigenvalue weighted by molar-refractivity contribution is 8.14. The molecular formula is C25H25F3N4S. The van der Waals surface area contributed by atoms with Crippen LogP contribution in [-0.4, -0.2) is 31.4 Å². The summed E-state index contributed by atoms with van der Waals surface area (Å²) in [6.45, 7) is 6.12. The van der Waals surface area contributed by atoms with Crippen LogP contribution in [0.2, 0.25) is 0 Å². The average Bonchev–Trinajstić information content (AvgIpc) is 3.45. The van der Waals surface area contributed by atoms with E-state index in [0.717, 1.165) is 46.1 Å². The van der Waals surface area contributed by atoms with Gasteiger partial charge < -0.3 is 9.47 Å². The van der Waals surface area contributed by atoms with Gasteiger partial charge in [-0.1, -0.05) is 30.8 Å². The number of hydrogen-bond donors (Lipinski definition) is 0. The van der Waals surface area contributed by atoms with Gasteiger partial charge in [0.1, 0.15) is 6.04 Å². The van der Waals surface area contributed by atoms with Crippen molar-refractivity contribution in [3.8, 4) is 5.69 Å². The summed E-state index contributed by atoms with van der Waals surface area (Å²) in [4.78, 5) is 12.1. The minimum Gasteiger partial charge on any atom is -0.338 e. The molecule has 0 aliphatic carbocycles. The number of alkyl halides is 3. The van der Waals surface area contributed by atoms with Crippen LogP contribution < -0.4 is 0 Å². The Hall–Kier alpha value is -2.74. The zero-order chi connectivity index (χ0) is 23.3. The van der Waals surface area contributed by atoms with Crippen LogP contribution in [0.25, 0.3) is 5.69 Å². The molecule has 0 unspecified atom stereocenters. The molecule has 8 heteroatoms. The first kappa shape index (κ1) is 22.1. The molecule has 3 aromatic rings. The highest BCUT2D eigenvalue weighted by Gasteiger charge is 2.46. The van der Waals surface area contributed by atoms with Crippen LogP contribution in [0.5, 0.6) is 0 Å². The molecule has 5 rings (SSSR count). The summed E-state index contributed by atoms with van der Waals surface area (Å²) in [5, 5.41) is 1.03. The molecular weight excluding hydrogens is 445 g/mol. The van der Waals surface area contributed by atoms with Crippen molar-refractivity contribution < 1.29 is 13.2 Å². The molecule has 4 heterocycles. The van der Waals surface area contributed by atoms with Gasteiger partial charge in [-0.15, -0.1) is 0 Å². The molecule has 0 radical (unpaired) electrons. The lowest BCUT2D eigenvalue weighted by Gasteiger charge is -2.32. The molecule has 172 valence electrons. The number of pyridine rings is 1. The predicted molar refractivity (Wildman–Crippen MR) is 126 cm³/mol. The van der Waals surface area contributed by atoms with Gasteiger partial charge in [0.15, 0.2) is 5.17 Å². The Kier molecular flexibility index (Phi) is 5.51. The number of aliphatic imine (C=N–C) groups is 1. The Morgan fingerprint density at radius 3 is 2.61 bits per heavy atom. The number of halogens is 3. The standard InChI is InChI=1S/C25H25F3N4S/c1-4-18-14-33-24-30-22(21-10-5-6-11-29-21)23(32(18)24)20-12-15(2)31(16(20)3)19-9-7-8-17(13-19)25(26,27)28/h5-13,18,22-23H,4,14H2,1-3H3/t18-,22+,23+/m1/s1. The Morgan fingerprint density at radius 2 is 1.91 bits per heavy atom. The molecule has 0 N–H and O–H groups in total. The molecule has 0 saturated carbocycles. The zero-order valence-corrected chi connectivity index (χ0v) is 19.5. The van der Waals surface area contributed by atoms with Crippen molar-refractivity contribution in [2.75, 3.05) is 5.75 Å². The Morgan fingerprint density at radius 1 is 1.09 bits per heavy atom. The van der Waals surface area contributed by atoms with E-state index in [1.54, 1.807) is 24.0 Å². The second-order valence-corrected chi connectivity index (χ2v) is 9.53. The van der Waals surface area contributed by atoms with E-state index in [1.807, 2.05) is 36.6 Å². The Labute approximate surface area is 195 Å². The summed E-state index contributed by atoms with van der Waals surface area (Å²) in [5.74, 6) is 0.993. The normalized spacial score (nSPS) is 22.5. The number of fused-ring (bicyclic) bond motifs is 1. The van der Waals surface area contributed by atoms with Crippen molar-refractivity contribution in [1.82, 2.24) is 14.5 Å². The number of rotatable bonds is 4. The van der Waals surface area contributed by atoms with Crippen LogP contribution in [0.3, 0.4) is 0 Å². The largest absolute Gasteiger partial charge is 0.416 e. The SMILES string of the molecule is CC[C@@H]1CSC2=N[C@@H](c3ccccn3)[C@H](c3cc(C)n(-c4cccc(C(F)(F)F)c4)c3C)N21. The van der Waals surface area contributed by atoms with Crippen LogP contribution in [0.15, 0.2) is 59.7 Å². The van der Waals surface area contributed by atoms with E-state index in [-0.39, 0.29) is 12.1 Å². The van der Waals surface area contributed by atoms with E-state index in [9.17, 15) is 13.2 Å². The quantitative estimate of drug-likeness (QED) is 0.437. The van der Waals surface area contributed by atoms with Crippen LogP contribution in [0.1, 0.15) is 53.6 Å².